The lowest BCUT2D eigenvalue weighted by Gasteiger charge is -2.27. The summed E-state index contributed by atoms with van der Waals surface area (Å²) in [4.78, 5) is 12.9. The summed E-state index contributed by atoms with van der Waals surface area (Å²) in [6.07, 6.45) is -0.806. The maximum atomic E-state index is 13.5. The van der Waals surface area contributed by atoms with E-state index in [-0.39, 0.29) is 18.4 Å². The van der Waals surface area contributed by atoms with Gasteiger partial charge in [0.2, 0.25) is 0 Å². The van der Waals surface area contributed by atoms with E-state index in [1.54, 1.807) is 67.6 Å². The molecule has 30 heavy (non-hydrogen) atoms. The van der Waals surface area contributed by atoms with Crippen LogP contribution in [-0.4, -0.2) is 34.9 Å². The van der Waals surface area contributed by atoms with E-state index in [4.69, 9.17) is 9.05 Å². The van der Waals surface area contributed by atoms with E-state index in [1.165, 1.54) is 0 Å². The molecule has 0 saturated carbocycles. The summed E-state index contributed by atoms with van der Waals surface area (Å²) in [5, 5.41) is 19.8. The van der Waals surface area contributed by atoms with Crippen LogP contribution in [0, 0.1) is 17.8 Å². The average molecular weight is 434 g/mol. The van der Waals surface area contributed by atoms with Crippen molar-refractivity contribution in [3.05, 3.63) is 60.7 Å². The summed E-state index contributed by atoms with van der Waals surface area (Å²) in [5.41, 5.74) is 0. The van der Waals surface area contributed by atoms with Crippen molar-refractivity contribution < 1.29 is 28.6 Å². The van der Waals surface area contributed by atoms with Crippen molar-refractivity contribution in [2.24, 2.45) is 17.8 Å². The molecule has 7 heteroatoms. The number of Topliss-reactive ketones (excluding diaryl/α,β-unsaturated/α-hetero) is 1. The highest BCUT2D eigenvalue weighted by atomic mass is 31.2. The lowest BCUT2D eigenvalue weighted by atomic mass is 9.85. The zero-order chi connectivity index (χ0) is 22.1. The van der Waals surface area contributed by atoms with Crippen molar-refractivity contribution in [3.8, 4) is 11.5 Å². The van der Waals surface area contributed by atoms with Crippen LogP contribution in [0.1, 0.15) is 27.2 Å². The molecule has 2 rings (SSSR count). The van der Waals surface area contributed by atoms with Crippen molar-refractivity contribution in [3.63, 3.8) is 0 Å². The largest absolute Gasteiger partial charge is 0.438 e. The van der Waals surface area contributed by atoms with Crippen LogP contribution in [0.25, 0.3) is 0 Å². The van der Waals surface area contributed by atoms with Crippen LogP contribution in [0.5, 0.6) is 11.5 Å². The smallest absolute Gasteiger partial charge is 0.416 e. The quantitative estimate of drug-likeness (QED) is 0.476. The predicted octanol–water partition coefficient (Wildman–Crippen LogP) is 4.56. The van der Waals surface area contributed by atoms with Gasteiger partial charge in [-0.05, 0) is 42.5 Å². The molecule has 0 amide bonds. The third-order valence-corrected chi connectivity index (χ3v) is 6.69. The van der Waals surface area contributed by atoms with Crippen LogP contribution < -0.4 is 9.05 Å². The lowest BCUT2D eigenvalue weighted by Crippen LogP contribution is -2.34. The Morgan fingerprint density at radius 2 is 1.40 bits per heavy atom. The van der Waals surface area contributed by atoms with Gasteiger partial charge in [0.15, 0.2) is 5.78 Å². The number of carbonyl (C=O) groups excluding carboxylic acids is 1. The average Bonchev–Trinajstić information content (AvgIpc) is 2.73. The molecule has 0 fully saturated rings. The minimum Gasteiger partial charge on any atom is -0.416 e. The van der Waals surface area contributed by atoms with Crippen LogP contribution >= 0.6 is 7.60 Å². The normalized spacial score (nSPS) is 15.6. The summed E-state index contributed by atoms with van der Waals surface area (Å²) in [7, 11) is -3.88. The Labute approximate surface area is 178 Å². The summed E-state index contributed by atoms with van der Waals surface area (Å²) >= 11 is 0. The van der Waals surface area contributed by atoms with Crippen molar-refractivity contribution in [2.75, 3.05) is 12.8 Å². The van der Waals surface area contributed by atoms with Gasteiger partial charge in [0.1, 0.15) is 17.7 Å². The number of carbonyl (C=O) groups is 1. The first-order valence-corrected chi connectivity index (χ1v) is 11.9. The molecule has 2 N–H and O–H groups in total. The topological polar surface area (TPSA) is 93.1 Å². The number of para-hydroxylation sites is 2. The van der Waals surface area contributed by atoms with Gasteiger partial charge in [-0.3, -0.25) is 4.79 Å². The molecule has 0 spiro atoms. The highest BCUT2D eigenvalue weighted by molar-refractivity contribution is 7.55. The molecule has 0 aromatic heterocycles. The van der Waals surface area contributed by atoms with Gasteiger partial charge in [-0.15, -0.1) is 0 Å². The van der Waals surface area contributed by atoms with Crippen LogP contribution in [0.15, 0.2) is 60.7 Å². The number of benzene rings is 2. The van der Waals surface area contributed by atoms with Gasteiger partial charge < -0.3 is 19.3 Å². The van der Waals surface area contributed by atoms with Gasteiger partial charge in [0, 0.05) is 12.5 Å². The van der Waals surface area contributed by atoms with Gasteiger partial charge in [-0.2, -0.15) is 0 Å². The molecule has 2 aromatic carbocycles. The van der Waals surface area contributed by atoms with Gasteiger partial charge in [0.25, 0.3) is 0 Å². The second-order valence-electron chi connectivity index (χ2n) is 7.82. The molecule has 0 saturated heterocycles. The van der Waals surface area contributed by atoms with E-state index < -0.39 is 31.6 Å². The van der Waals surface area contributed by atoms with Gasteiger partial charge in [0.05, 0.1) is 6.10 Å². The van der Waals surface area contributed by atoms with E-state index >= 15 is 0 Å². The van der Waals surface area contributed by atoms with Crippen LogP contribution in [-0.2, 0) is 9.36 Å². The van der Waals surface area contributed by atoms with E-state index in [1.807, 2.05) is 13.8 Å². The van der Waals surface area contributed by atoms with Crippen molar-refractivity contribution >= 4 is 13.4 Å². The van der Waals surface area contributed by atoms with E-state index in [0.29, 0.717) is 17.9 Å². The zero-order valence-electron chi connectivity index (χ0n) is 17.7. The first-order valence-electron chi connectivity index (χ1n) is 10.1. The lowest BCUT2D eigenvalue weighted by molar-refractivity contribution is -0.124. The zero-order valence-corrected chi connectivity index (χ0v) is 18.6. The van der Waals surface area contributed by atoms with Crippen molar-refractivity contribution in [2.45, 2.75) is 33.3 Å². The number of aliphatic hydroxyl groups excluding tert-OH is 2. The minimum absolute atomic E-state index is 0.0183. The van der Waals surface area contributed by atoms with Crippen LogP contribution in [0.2, 0.25) is 0 Å². The fourth-order valence-electron chi connectivity index (χ4n) is 3.23. The number of ketones is 1. The Balaban J connectivity index is 2.15. The molecular weight excluding hydrogens is 403 g/mol. The summed E-state index contributed by atoms with van der Waals surface area (Å²) < 4.78 is 24.8. The molecule has 2 aromatic rings. The second kappa shape index (κ2) is 11.3. The number of hydrogen-bond donors (Lipinski definition) is 2. The first kappa shape index (κ1) is 24.1. The second-order valence-corrected chi connectivity index (χ2v) is 9.73. The van der Waals surface area contributed by atoms with Crippen LogP contribution in [0.4, 0.5) is 0 Å². The first-order chi connectivity index (χ1) is 14.2. The monoisotopic (exact) mass is 434 g/mol. The maximum Gasteiger partial charge on any atom is 0.438 e. The molecule has 0 heterocycles. The fourth-order valence-corrected chi connectivity index (χ4v) is 4.96. The molecule has 0 aliphatic carbocycles. The molecule has 0 aliphatic heterocycles. The molecule has 0 bridgehead atoms. The highest BCUT2D eigenvalue weighted by Gasteiger charge is 2.37. The Morgan fingerprint density at radius 3 is 1.83 bits per heavy atom. The molecular formula is C23H31O6P. The number of hydrogen-bond acceptors (Lipinski definition) is 6. The fraction of sp³-hybridized carbons (Fsp3) is 0.435. The third kappa shape index (κ3) is 7.28. The number of rotatable bonds is 12. The Bertz CT molecular complexity index is 781. The van der Waals surface area contributed by atoms with Crippen molar-refractivity contribution in [1.82, 2.24) is 0 Å². The summed E-state index contributed by atoms with van der Waals surface area (Å²) in [6.45, 7) is 5.35. The van der Waals surface area contributed by atoms with E-state index in [0.717, 1.165) is 0 Å². The van der Waals surface area contributed by atoms with E-state index in [9.17, 15) is 19.6 Å². The van der Waals surface area contributed by atoms with Crippen molar-refractivity contribution in [1.29, 1.82) is 0 Å². The molecule has 0 radical (unpaired) electrons. The molecule has 6 nitrogen and oxygen atoms in total. The molecule has 164 valence electrons. The standard InChI is InChI=1S/C23H31O6P/c1-17(15-24)14-18(2)23(26)19(3)22(25)16-30(27,28-20-10-6-4-7-11-20)29-21-12-8-5-9-13-21/h4-13,17-19,23-24,26H,14-16H2,1-3H3. The van der Waals surface area contributed by atoms with E-state index in [2.05, 4.69) is 0 Å². The Morgan fingerprint density at radius 1 is 0.933 bits per heavy atom. The Hall–Kier alpha value is -2.14. The number of aliphatic hydroxyl groups is 2. The SMILES string of the molecule is CC(CO)CC(C)C(O)C(C)C(=O)CP(=O)(Oc1ccccc1)Oc1ccccc1. The predicted molar refractivity (Wildman–Crippen MR) is 117 cm³/mol. The maximum absolute atomic E-state index is 13.5. The summed E-state index contributed by atoms with van der Waals surface area (Å²) in [5.74, 6) is -0.661. The molecule has 0 aliphatic rings. The Kier molecular flexibility index (Phi) is 9.09. The van der Waals surface area contributed by atoms with Gasteiger partial charge in [-0.25, -0.2) is 4.57 Å². The van der Waals surface area contributed by atoms with Gasteiger partial charge >= 0.3 is 7.60 Å². The summed E-state index contributed by atoms with van der Waals surface area (Å²) in [6, 6.07) is 17.1. The third-order valence-electron chi connectivity index (χ3n) is 5.01. The van der Waals surface area contributed by atoms with Crippen LogP contribution in [0.3, 0.4) is 0 Å². The molecule has 4 unspecified atom stereocenters. The minimum atomic E-state index is -3.88. The molecule has 4 atom stereocenters. The highest BCUT2D eigenvalue weighted by Crippen LogP contribution is 2.49. The van der Waals surface area contributed by atoms with Gasteiger partial charge in [-0.1, -0.05) is 57.2 Å².